The Morgan fingerprint density at radius 3 is 2.58 bits per heavy atom. The minimum atomic E-state index is -2.99. The molecule has 0 unspecified atom stereocenters. The number of alkyl halides is 2. The summed E-state index contributed by atoms with van der Waals surface area (Å²) in [4.78, 5) is 3.07. The molecule has 0 radical (unpaired) electrons. The van der Waals surface area contributed by atoms with Crippen LogP contribution < -0.4 is 4.74 Å². The Bertz CT molecular complexity index is 281. The molecule has 12 heavy (non-hydrogen) atoms. The van der Waals surface area contributed by atoms with Crippen LogP contribution in [0.4, 0.5) is 13.2 Å². The molecule has 0 aliphatic rings. The number of hydrogen-bond donors (Lipinski definition) is 0. The number of pyridine rings is 1. The lowest BCUT2D eigenvalue weighted by molar-refractivity contribution is -0.0500. The molecule has 1 aromatic rings. The Labute approximate surface area is 70.9 Å². The second-order valence-corrected chi connectivity index (χ2v) is 2.16. The van der Waals surface area contributed by atoms with Gasteiger partial charge in [0.15, 0.2) is 10.9 Å². The molecular formula is C6H3ClF3NO. The minimum Gasteiger partial charge on any atom is -0.432 e. The number of nitrogens with zero attached hydrogens (tertiary/aromatic N) is 1. The van der Waals surface area contributed by atoms with Crippen LogP contribution in [-0.2, 0) is 0 Å². The van der Waals surface area contributed by atoms with Crippen molar-refractivity contribution in [3.05, 3.63) is 23.2 Å². The van der Waals surface area contributed by atoms with Crippen molar-refractivity contribution >= 4 is 11.6 Å². The normalized spacial score (nSPS) is 10.4. The minimum absolute atomic E-state index is 0.340. The molecule has 0 N–H and O–H groups in total. The predicted molar refractivity (Wildman–Crippen MR) is 35.8 cm³/mol. The second kappa shape index (κ2) is 3.62. The van der Waals surface area contributed by atoms with Gasteiger partial charge in [0.1, 0.15) is 0 Å². The van der Waals surface area contributed by atoms with Gasteiger partial charge in [-0.1, -0.05) is 11.6 Å². The maximum Gasteiger partial charge on any atom is 0.387 e. The first-order valence-electron chi connectivity index (χ1n) is 2.86. The molecule has 0 aliphatic heterocycles. The van der Waals surface area contributed by atoms with Crippen molar-refractivity contribution in [2.75, 3.05) is 0 Å². The van der Waals surface area contributed by atoms with E-state index in [1.54, 1.807) is 0 Å². The van der Waals surface area contributed by atoms with Crippen LogP contribution in [0.1, 0.15) is 0 Å². The van der Waals surface area contributed by atoms with Gasteiger partial charge in [-0.25, -0.2) is 4.98 Å². The smallest absolute Gasteiger partial charge is 0.387 e. The van der Waals surface area contributed by atoms with Crippen molar-refractivity contribution < 1.29 is 17.9 Å². The highest BCUT2D eigenvalue weighted by Gasteiger charge is 2.09. The molecule has 1 rings (SSSR count). The summed E-state index contributed by atoms with van der Waals surface area (Å²) in [7, 11) is 0. The van der Waals surface area contributed by atoms with Crippen LogP contribution in [0, 0.1) is 5.95 Å². The van der Waals surface area contributed by atoms with E-state index >= 15 is 0 Å². The standard InChI is InChI=1S/C6H3ClF3NO/c7-5-3(12-6(9)10)1-2-4(8)11-5/h1-2,6H. The Kier molecular flexibility index (Phi) is 2.75. The van der Waals surface area contributed by atoms with E-state index < -0.39 is 17.7 Å². The lowest BCUT2D eigenvalue weighted by atomic mass is 10.4. The molecule has 1 aromatic heterocycles. The number of ether oxygens (including phenoxy) is 1. The zero-order chi connectivity index (χ0) is 9.14. The fourth-order valence-electron chi connectivity index (χ4n) is 0.583. The molecule has 2 nitrogen and oxygen atoms in total. The summed E-state index contributed by atoms with van der Waals surface area (Å²) >= 11 is 5.26. The molecule has 0 saturated heterocycles. The SMILES string of the molecule is Fc1ccc(OC(F)F)c(Cl)n1. The summed E-state index contributed by atoms with van der Waals surface area (Å²) in [5, 5.41) is -0.421. The molecule has 0 aliphatic carbocycles. The fraction of sp³-hybridized carbons (Fsp3) is 0.167. The topological polar surface area (TPSA) is 22.1 Å². The zero-order valence-corrected chi connectivity index (χ0v) is 6.36. The van der Waals surface area contributed by atoms with Crippen LogP contribution in [0.3, 0.4) is 0 Å². The third kappa shape index (κ3) is 2.27. The number of rotatable bonds is 2. The predicted octanol–water partition coefficient (Wildman–Crippen LogP) is 2.48. The third-order valence-corrected chi connectivity index (χ3v) is 1.27. The van der Waals surface area contributed by atoms with Crippen molar-refractivity contribution in [2.45, 2.75) is 6.61 Å². The van der Waals surface area contributed by atoms with Gasteiger partial charge in [0, 0.05) is 0 Å². The Morgan fingerprint density at radius 1 is 1.42 bits per heavy atom. The first-order valence-corrected chi connectivity index (χ1v) is 3.24. The van der Waals surface area contributed by atoms with Crippen LogP contribution >= 0.6 is 11.6 Å². The largest absolute Gasteiger partial charge is 0.432 e. The highest BCUT2D eigenvalue weighted by Crippen LogP contribution is 2.23. The van der Waals surface area contributed by atoms with Gasteiger partial charge >= 0.3 is 6.61 Å². The molecule has 0 amide bonds. The molecule has 0 spiro atoms. The van der Waals surface area contributed by atoms with Crippen LogP contribution in [0.25, 0.3) is 0 Å². The van der Waals surface area contributed by atoms with Crippen molar-refractivity contribution in [3.63, 3.8) is 0 Å². The molecule has 0 fully saturated rings. The zero-order valence-electron chi connectivity index (χ0n) is 5.60. The maximum absolute atomic E-state index is 12.2. The fourth-order valence-corrected chi connectivity index (χ4v) is 0.772. The van der Waals surface area contributed by atoms with Crippen molar-refractivity contribution in [3.8, 4) is 5.75 Å². The monoisotopic (exact) mass is 197 g/mol. The number of halogens is 4. The second-order valence-electron chi connectivity index (χ2n) is 1.80. The third-order valence-electron chi connectivity index (χ3n) is 0.997. The van der Waals surface area contributed by atoms with Crippen molar-refractivity contribution in [1.29, 1.82) is 0 Å². The van der Waals surface area contributed by atoms with E-state index in [9.17, 15) is 13.2 Å². The number of hydrogen-bond acceptors (Lipinski definition) is 2. The molecular weight excluding hydrogens is 195 g/mol. The molecule has 1 heterocycles. The Balaban J connectivity index is 2.86. The van der Waals surface area contributed by atoms with Gasteiger partial charge in [-0.15, -0.1) is 0 Å². The summed E-state index contributed by atoms with van der Waals surface area (Å²) in [5.74, 6) is -1.19. The van der Waals surface area contributed by atoms with Crippen LogP contribution in [-0.4, -0.2) is 11.6 Å². The van der Waals surface area contributed by atoms with Crippen LogP contribution in [0.2, 0.25) is 5.15 Å². The van der Waals surface area contributed by atoms with Gasteiger partial charge in [0.05, 0.1) is 0 Å². The molecule has 0 aromatic carbocycles. The first kappa shape index (κ1) is 9.12. The van der Waals surface area contributed by atoms with E-state index in [2.05, 4.69) is 9.72 Å². The lowest BCUT2D eigenvalue weighted by Gasteiger charge is -2.04. The van der Waals surface area contributed by atoms with Gasteiger partial charge in [-0.05, 0) is 12.1 Å². The average molecular weight is 198 g/mol. The molecule has 0 atom stereocenters. The summed E-state index contributed by atoms with van der Waals surface area (Å²) < 4.78 is 39.3. The quantitative estimate of drug-likeness (QED) is 0.680. The molecule has 6 heteroatoms. The van der Waals surface area contributed by atoms with E-state index in [1.807, 2.05) is 0 Å². The van der Waals surface area contributed by atoms with Gasteiger partial charge in [0.25, 0.3) is 0 Å². The van der Waals surface area contributed by atoms with Crippen molar-refractivity contribution in [2.24, 2.45) is 0 Å². The summed E-state index contributed by atoms with van der Waals surface area (Å²) in [6.07, 6.45) is 0. The molecule has 0 bridgehead atoms. The average Bonchev–Trinajstić information content (AvgIpc) is 1.94. The molecule has 0 saturated carbocycles. The maximum atomic E-state index is 12.2. The van der Waals surface area contributed by atoms with Crippen LogP contribution in [0.15, 0.2) is 12.1 Å². The van der Waals surface area contributed by atoms with Crippen LogP contribution in [0.5, 0.6) is 5.75 Å². The number of aromatic nitrogens is 1. The Hall–Kier alpha value is -0.970. The Morgan fingerprint density at radius 2 is 2.08 bits per heavy atom. The van der Waals surface area contributed by atoms with E-state index in [0.717, 1.165) is 12.1 Å². The van der Waals surface area contributed by atoms with Gasteiger partial charge in [-0.3, -0.25) is 0 Å². The molecule has 66 valence electrons. The summed E-state index contributed by atoms with van der Waals surface area (Å²) in [6, 6.07) is 1.86. The van der Waals surface area contributed by atoms with Gasteiger partial charge < -0.3 is 4.74 Å². The summed E-state index contributed by atoms with van der Waals surface area (Å²) in [6.45, 7) is -2.99. The van der Waals surface area contributed by atoms with Crippen molar-refractivity contribution in [1.82, 2.24) is 4.98 Å². The lowest BCUT2D eigenvalue weighted by Crippen LogP contribution is -2.03. The van der Waals surface area contributed by atoms with E-state index in [1.165, 1.54) is 0 Å². The first-order chi connectivity index (χ1) is 5.59. The van der Waals surface area contributed by atoms with Gasteiger partial charge in [0.2, 0.25) is 5.95 Å². The summed E-state index contributed by atoms with van der Waals surface area (Å²) in [5.41, 5.74) is 0. The van der Waals surface area contributed by atoms with E-state index in [0.29, 0.717) is 0 Å². The highest BCUT2D eigenvalue weighted by molar-refractivity contribution is 6.30. The van der Waals surface area contributed by atoms with E-state index in [4.69, 9.17) is 11.6 Å². The highest BCUT2D eigenvalue weighted by atomic mass is 35.5. The van der Waals surface area contributed by atoms with E-state index in [-0.39, 0.29) is 5.75 Å². The van der Waals surface area contributed by atoms with Gasteiger partial charge in [-0.2, -0.15) is 13.2 Å².